The number of hydrogen-bond donors (Lipinski definition) is 2. The fraction of sp³-hybridized carbons (Fsp3) is 0.444. The van der Waals surface area contributed by atoms with Crippen LogP contribution in [0.2, 0.25) is 0 Å². The Balaban J connectivity index is 1.47. The van der Waals surface area contributed by atoms with Gasteiger partial charge in [-0.15, -0.1) is 5.10 Å². The third-order valence-corrected chi connectivity index (χ3v) is 5.29. The maximum Gasteiger partial charge on any atom is 0.267 e. The third-order valence-electron chi connectivity index (χ3n) is 5.29. The minimum Gasteiger partial charge on any atom is -0.373 e. The van der Waals surface area contributed by atoms with Crippen LogP contribution in [0.25, 0.3) is 0 Å². The Bertz CT molecular complexity index is 954. The van der Waals surface area contributed by atoms with Crippen molar-refractivity contribution < 1.29 is 28.2 Å². The molecular weight excluding hydrogens is 388 g/mol. The van der Waals surface area contributed by atoms with Crippen molar-refractivity contribution in [1.82, 2.24) is 15.0 Å². The number of hydrogen-bond acceptors (Lipinski definition) is 7. The number of rotatable bonds is 4. The van der Waals surface area contributed by atoms with Gasteiger partial charge in [-0.3, -0.25) is 14.5 Å². The number of aromatic nitrogens is 3. The van der Waals surface area contributed by atoms with Crippen LogP contribution in [0.1, 0.15) is 30.6 Å². The number of carbonyl (C=O) groups is 2. The van der Waals surface area contributed by atoms with Crippen LogP contribution in [0, 0.1) is 11.6 Å². The summed E-state index contributed by atoms with van der Waals surface area (Å²) >= 11 is 0. The molecular formula is C18H19F2N5O4. The molecule has 0 aliphatic carbocycles. The predicted molar refractivity (Wildman–Crippen MR) is 94.7 cm³/mol. The number of nitrogens with zero attached hydrogens (tertiary/aromatic N) is 4. The van der Waals surface area contributed by atoms with Gasteiger partial charge in [0.05, 0.1) is 18.8 Å². The van der Waals surface area contributed by atoms with Gasteiger partial charge in [0, 0.05) is 24.6 Å². The minimum absolute atomic E-state index is 0.0273. The Labute approximate surface area is 164 Å². The van der Waals surface area contributed by atoms with Gasteiger partial charge in [-0.1, -0.05) is 0 Å². The number of benzene rings is 1. The molecule has 29 heavy (non-hydrogen) atoms. The quantitative estimate of drug-likeness (QED) is 0.550. The highest BCUT2D eigenvalue weighted by Crippen LogP contribution is 2.34. The Morgan fingerprint density at radius 2 is 2.17 bits per heavy atom. The van der Waals surface area contributed by atoms with Gasteiger partial charge < -0.3 is 15.6 Å². The summed E-state index contributed by atoms with van der Waals surface area (Å²) in [7, 11) is 0. The van der Waals surface area contributed by atoms with Crippen molar-refractivity contribution in [3.8, 4) is 0 Å². The number of aldehydes is 1. The number of amides is 1. The van der Waals surface area contributed by atoms with Crippen LogP contribution in [0.4, 0.5) is 14.6 Å². The van der Waals surface area contributed by atoms with Crippen LogP contribution in [0.5, 0.6) is 0 Å². The van der Waals surface area contributed by atoms with E-state index in [9.17, 15) is 23.5 Å². The molecule has 9 nitrogen and oxygen atoms in total. The molecule has 3 heterocycles. The lowest BCUT2D eigenvalue weighted by atomic mass is 9.94. The first-order chi connectivity index (χ1) is 13.8. The lowest BCUT2D eigenvalue weighted by Crippen LogP contribution is -2.42. The smallest absolute Gasteiger partial charge is 0.267 e. The van der Waals surface area contributed by atoms with Crippen LogP contribution >= 0.6 is 0 Å². The molecule has 1 amide bonds. The average Bonchev–Trinajstić information content (AvgIpc) is 3.30. The SMILES string of the molecule is NC1CC(n2ncc(N3CCC(O)(C=O)C3=O)n2)COC1c1cc(F)ccc1F. The van der Waals surface area contributed by atoms with Crippen LogP contribution in [0.15, 0.2) is 24.4 Å². The normalized spacial score (nSPS) is 30.0. The summed E-state index contributed by atoms with van der Waals surface area (Å²) in [5.41, 5.74) is 4.16. The number of anilines is 1. The first kappa shape index (κ1) is 19.6. The summed E-state index contributed by atoms with van der Waals surface area (Å²) in [5, 5.41) is 18.3. The zero-order valence-corrected chi connectivity index (χ0v) is 15.2. The summed E-state index contributed by atoms with van der Waals surface area (Å²) in [6.45, 7) is 0.239. The van der Waals surface area contributed by atoms with Crippen molar-refractivity contribution in [2.24, 2.45) is 5.73 Å². The van der Waals surface area contributed by atoms with Crippen LogP contribution < -0.4 is 10.6 Å². The van der Waals surface area contributed by atoms with Gasteiger partial charge >= 0.3 is 0 Å². The van der Waals surface area contributed by atoms with Crippen molar-refractivity contribution in [2.45, 2.75) is 36.6 Å². The summed E-state index contributed by atoms with van der Waals surface area (Å²) < 4.78 is 33.2. The number of aliphatic hydroxyl groups is 1. The Morgan fingerprint density at radius 3 is 2.86 bits per heavy atom. The standard InChI is InChI=1S/C18H19F2N5O4/c19-10-1-2-13(20)12(5-10)16-14(21)6-11(8-29-16)25-22-7-15(23-25)24-4-3-18(28,9-26)17(24)27/h1-2,5,7,9,11,14,16,28H,3-4,6,8,21H2. The van der Waals surface area contributed by atoms with Gasteiger partial charge in [-0.25, -0.2) is 8.78 Å². The Kier molecular flexibility index (Phi) is 4.89. The van der Waals surface area contributed by atoms with E-state index in [1.165, 1.54) is 15.9 Å². The number of carbonyl (C=O) groups excluding carboxylic acids is 2. The molecule has 0 radical (unpaired) electrons. The highest BCUT2D eigenvalue weighted by molar-refractivity contribution is 6.10. The van der Waals surface area contributed by atoms with Gasteiger partial charge in [-0.05, 0) is 24.6 Å². The third kappa shape index (κ3) is 3.41. The summed E-state index contributed by atoms with van der Waals surface area (Å²) in [6, 6.07) is 2.11. The first-order valence-electron chi connectivity index (χ1n) is 9.07. The second kappa shape index (κ2) is 7.25. The zero-order chi connectivity index (χ0) is 20.8. The van der Waals surface area contributed by atoms with Gasteiger partial charge in [0.1, 0.15) is 17.7 Å². The highest BCUT2D eigenvalue weighted by Gasteiger charge is 2.46. The number of halogens is 2. The molecule has 11 heteroatoms. The van der Waals surface area contributed by atoms with Gasteiger partial charge in [-0.2, -0.15) is 9.90 Å². The van der Waals surface area contributed by atoms with Gasteiger partial charge in [0.2, 0.25) is 5.60 Å². The molecule has 1 aromatic carbocycles. The van der Waals surface area contributed by atoms with E-state index in [2.05, 4.69) is 10.2 Å². The summed E-state index contributed by atoms with van der Waals surface area (Å²) in [4.78, 5) is 25.7. The molecule has 3 N–H and O–H groups in total. The van der Waals surface area contributed by atoms with Gasteiger partial charge in [0.15, 0.2) is 12.1 Å². The van der Waals surface area contributed by atoms with E-state index in [1.807, 2.05) is 0 Å². The lowest BCUT2D eigenvalue weighted by molar-refractivity contribution is -0.140. The van der Waals surface area contributed by atoms with Crippen molar-refractivity contribution >= 4 is 18.0 Å². The summed E-state index contributed by atoms with van der Waals surface area (Å²) in [6.07, 6.45) is 1.07. The molecule has 2 aromatic rings. The van der Waals surface area contributed by atoms with E-state index in [0.29, 0.717) is 6.42 Å². The fourth-order valence-electron chi connectivity index (χ4n) is 3.68. The molecule has 1 aromatic heterocycles. The van der Waals surface area contributed by atoms with E-state index in [-0.39, 0.29) is 43.3 Å². The lowest BCUT2D eigenvalue weighted by Gasteiger charge is -2.34. The molecule has 0 bridgehead atoms. The topological polar surface area (TPSA) is 124 Å². The Hall–Kier alpha value is -2.76. The van der Waals surface area contributed by atoms with Crippen molar-refractivity contribution in [3.63, 3.8) is 0 Å². The van der Waals surface area contributed by atoms with Crippen molar-refractivity contribution in [1.29, 1.82) is 0 Å². The van der Waals surface area contributed by atoms with E-state index >= 15 is 0 Å². The van der Waals surface area contributed by atoms with Crippen molar-refractivity contribution in [2.75, 3.05) is 18.1 Å². The monoisotopic (exact) mass is 407 g/mol. The van der Waals surface area contributed by atoms with E-state index in [1.54, 1.807) is 0 Å². The fourth-order valence-corrected chi connectivity index (χ4v) is 3.68. The first-order valence-corrected chi connectivity index (χ1v) is 9.07. The van der Waals surface area contributed by atoms with Gasteiger partial charge in [0.25, 0.3) is 5.91 Å². The molecule has 2 saturated heterocycles. The molecule has 0 saturated carbocycles. The molecule has 2 aliphatic heterocycles. The maximum atomic E-state index is 14.0. The molecule has 4 rings (SSSR count). The highest BCUT2D eigenvalue weighted by atomic mass is 19.1. The largest absolute Gasteiger partial charge is 0.373 e. The van der Waals surface area contributed by atoms with Crippen LogP contribution in [-0.2, 0) is 14.3 Å². The van der Waals surface area contributed by atoms with Crippen LogP contribution in [0.3, 0.4) is 0 Å². The predicted octanol–water partition coefficient (Wildman–Crippen LogP) is 0.253. The second-order valence-electron chi connectivity index (χ2n) is 7.25. The maximum absolute atomic E-state index is 14.0. The average molecular weight is 407 g/mol. The van der Waals surface area contributed by atoms with E-state index < -0.39 is 35.3 Å². The van der Waals surface area contributed by atoms with Crippen molar-refractivity contribution in [3.05, 3.63) is 41.6 Å². The molecule has 2 fully saturated rings. The van der Waals surface area contributed by atoms with Crippen LogP contribution in [-0.4, -0.2) is 57.1 Å². The number of ether oxygens (including phenoxy) is 1. The summed E-state index contributed by atoms with van der Waals surface area (Å²) in [5.74, 6) is -1.74. The van der Waals surface area contributed by atoms with E-state index in [0.717, 1.165) is 18.2 Å². The Morgan fingerprint density at radius 1 is 1.38 bits per heavy atom. The zero-order valence-electron chi connectivity index (χ0n) is 15.2. The molecule has 4 atom stereocenters. The molecule has 154 valence electrons. The minimum atomic E-state index is -2.04. The second-order valence-corrected chi connectivity index (χ2v) is 7.25. The molecule has 0 spiro atoms. The number of nitrogens with two attached hydrogens (primary N) is 1. The molecule has 4 unspecified atom stereocenters. The molecule has 2 aliphatic rings. The van der Waals surface area contributed by atoms with E-state index in [4.69, 9.17) is 10.5 Å².